The lowest BCUT2D eigenvalue weighted by molar-refractivity contribution is -0.119. The minimum atomic E-state index is -0.482. The first-order valence-corrected chi connectivity index (χ1v) is 10.5. The summed E-state index contributed by atoms with van der Waals surface area (Å²) in [5.41, 5.74) is 4.63. The number of rotatable bonds is 4. The van der Waals surface area contributed by atoms with E-state index in [1.54, 1.807) is 18.2 Å². The Morgan fingerprint density at radius 1 is 1.07 bits per heavy atom. The number of ether oxygens (including phenoxy) is 1. The quantitative estimate of drug-likeness (QED) is 0.460. The van der Waals surface area contributed by atoms with Gasteiger partial charge in [-0.1, -0.05) is 42.3 Å². The van der Waals surface area contributed by atoms with Gasteiger partial charge in [0.15, 0.2) is 6.61 Å². The first-order valence-electron chi connectivity index (χ1n) is 10.2. The summed E-state index contributed by atoms with van der Waals surface area (Å²) in [4.78, 5) is 30.2. The third-order valence-corrected chi connectivity index (χ3v) is 5.91. The Balaban J connectivity index is 1.56. The minimum Gasteiger partial charge on any atom is -0.452 e. The number of fused-ring (bicyclic) bond motifs is 2. The molecule has 0 saturated carbocycles. The number of anilines is 1. The molecule has 1 N–H and O–H groups in total. The first kappa shape index (κ1) is 20.4. The van der Waals surface area contributed by atoms with E-state index in [0.29, 0.717) is 16.3 Å². The molecule has 1 amide bonds. The summed E-state index contributed by atoms with van der Waals surface area (Å²) in [6.07, 6.45) is 4.85. The molecule has 0 spiro atoms. The lowest BCUT2D eigenvalue weighted by atomic mass is 9.97. The van der Waals surface area contributed by atoms with E-state index in [1.807, 2.05) is 31.2 Å². The molecule has 0 atom stereocenters. The molecular formula is C24H23ClN2O3. The van der Waals surface area contributed by atoms with Gasteiger partial charge in [0, 0.05) is 21.8 Å². The highest BCUT2D eigenvalue weighted by atomic mass is 35.5. The maximum absolute atomic E-state index is 13.1. The number of hydrogen-bond donors (Lipinski definition) is 1. The molecule has 1 aliphatic carbocycles. The molecule has 0 aliphatic heterocycles. The molecule has 30 heavy (non-hydrogen) atoms. The molecule has 2 aromatic carbocycles. The van der Waals surface area contributed by atoms with Crippen LogP contribution in [0.5, 0.6) is 0 Å². The summed E-state index contributed by atoms with van der Waals surface area (Å²) in [5.74, 6) is -0.886. The number of para-hydroxylation sites is 1. The number of carbonyl (C=O) groups excluding carboxylic acids is 2. The fraction of sp³-hybridized carbons (Fsp3) is 0.292. The number of esters is 1. The Labute approximate surface area is 180 Å². The van der Waals surface area contributed by atoms with Crippen molar-refractivity contribution in [3.63, 3.8) is 0 Å². The van der Waals surface area contributed by atoms with Crippen molar-refractivity contribution in [1.82, 2.24) is 4.98 Å². The van der Waals surface area contributed by atoms with Gasteiger partial charge >= 0.3 is 5.97 Å². The third-order valence-electron chi connectivity index (χ3n) is 5.50. The van der Waals surface area contributed by atoms with Crippen molar-refractivity contribution in [2.24, 2.45) is 0 Å². The van der Waals surface area contributed by atoms with Crippen molar-refractivity contribution < 1.29 is 14.3 Å². The van der Waals surface area contributed by atoms with Crippen LogP contribution in [0.25, 0.3) is 10.9 Å². The second kappa shape index (κ2) is 8.84. The van der Waals surface area contributed by atoms with E-state index in [1.165, 1.54) is 0 Å². The number of aryl methyl sites for hydroxylation is 1. The summed E-state index contributed by atoms with van der Waals surface area (Å²) in [6.45, 7) is 1.46. The molecule has 0 radical (unpaired) electrons. The molecule has 5 nitrogen and oxygen atoms in total. The molecule has 1 heterocycles. The molecule has 6 heteroatoms. The van der Waals surface area contributed by atoms with Crippen molar-refractivity contribution in [3.8, 4) is 0 Å². The van der Waals surface area contributed by atoms with Gasteiger partial charge in [-0.2, -0.15) is 0 Å². The van der Waals surface area contributed by atoms with Gasteiger partial charge in [-0.3, -0.25) is 9.78 Å². The second-order valence-electron chi connectivity index (χ2n) is 7.53. The predicted molar refractivity (Wildman–Crippen MR) is 118 cm³/mol. The number of halogens is 1. The van der Waals surface area contributed by atoms with Crippen LogP contribution >= 0.6 is 11.6 Å². The highest BCUT2D eigenvalue weighted by Gasteiger charge is 2.23. The van der Waals surface area contributed by atoms with E-state index in [4.69, 9.17) is 21.3 Å². The molecular weight excluding hydrogens is 400 g/mol. The van der Waals surface area contributed by atoms with E-state index in [-0.39, 0.29) is 6.61 Å². The number of amides is 1. The molecule has 0 bridgehead atoms. The normalized spacial score (nSPS) is 13.4. The van der Waals surface area contributed by atoms with Crippen LogP contribution in [0.1, 0.15) is 46.4 Å². The molecule has 0 saturated heterocycles. The van der Waals surface area contributed by atoms with Crippen LogP contribution in [0.2, 0.25) is 5.02 Å². The maximum Gasteiger partial charge on any atom is 0.339 e. The average Bonchev–Trinajstić information content (AvgIpc) is 2.98. The Kier molecular flexibility index (Phi) is 6.00. The largest absolute Gasteiger partial charge is 0.452 e. The van der Waals surface area contributed by atoms with E-state index < -0.39 is 11.9 Å². The van der Waals surface area contributed by atoms with Gasteiger partial charge < -0.3 is 10.1 Å². The lowest BCUT2D eigenvalue weighted by Crippen LogP contribution is -2.22. The molecule has 1 aromatic heterocycles. The summed E-state index contributed by atoms with van der Waals surface area (Å²) in [6, 6.07) is 12.9. The predicted octanol–water partition coefficient (Wildman–Crippen LogP) is 5.26. The molecule has 0 fully saturated rings. The number of carbonyl (C=O) groups is 2. The van der Waals surface area contributed by atoms with Gasteiger partial charge in [-0.05, 0) is 61.9 Å². The highest BCUT2D eigenvalue weighted by molar-refractivity contribution is 6.31. The summed E-state index contributed by atoms with van der Waals surface area (Å²) in [7, 11) is 0. The van der Waals surface area contributed by atoms with Crippen LogP contribution in [0.4, 0.5) is 5.69 Å². The summed E-state index contributed by atoms with van der Waals surface area (Å²) >= 11 is 6.10. The van der Waals surface area contributed by atoms with Gasteiger partial charge in [-0.15, -0.1) is 0 Å². The number of nitrogens with zero attached hydrogens (tertiary/aromatic N) is 1. The SMILES string of the molecule is Cc1c(Cl)cccc1NC(=O)COC(=O)c1c2c(nc3ccccc13)CCCCC2. The number of benzene rings is 2. The van der Waals surface area contributed by atoms with Crippen molar-refractivity contribution >= 4 is 40.1 Å². The van der Waals surface area contributed by atoms with Gasteiger partial charge in [-0.25, -0.2) is 4.79 Å². The molecule has 154 valence electrons. The van der Waals surface area contributed by atoms with Crippen molar-refractivity contribution in [1.29, 1.82) is 0 Å². The van der Waals surface area contributed by atoms with E-state index in [2.05, 4.69) is 5.32 Å². The zero-order chi connectivity index (χ0) is 21.1. The lowest BCUT2D eigenvalue weighted by Gasteiger charge is -2.15. The topological polar surface area (TPSA) is 68.3 Å². The number of nitrogens with one attached hydrogen (secondary N) is 1. The Bertz CT molecular complexity index is 1130. The number of hydrogen-bond acceptors (Lipinski definition) is 4. The fourth-order valence-corrected chi connectivity index (χ4v) is 4.09. The zero-order valence-electron chi connectivity index (χ0n) is 16.8. The van der Waals surface area contributed by atoms with E-state index in [0.717, 1.165) is 59.8 Å². The van der Waals surface area contributed by atoms with Crippen LogP contribution in [0, 0.1) is 6.92 Å². The number of aromatic nitrogens is 1. The van der Waals surface area contributed by atoms with Gasteiger partial charge in [0.1, 0.15) is 0 Å². The molecule has 4 rings (SSSR count). The van der Waals surface area contributed by atoms with E-state index in [9.17, 15) is 9.59 Å². The molecule has 1 aliphatic rings. The highest BCUT2D eigenvalue weighted by Crippen LogP contribution is 2.29. The van der Waals surface area contributed by atoms with Gasteiger partial charge in [0.2, 0.25) is 0 Å². The Morgan fingerprint density at radius 3 is 2.73 bits per heavy atom. The fourth-order valence-electron chi connectivity index (χ4n) is 3.91. The second-order valence-corrected chi connectivity index (χ2v) is 7.93. The molecule has 0 unspecified atom stereocenters. The average molecular weight is 423 g/mol. The van der Waals surface area contributed by atoms with Crippen molar-refractivity contribution in [3.05, 3.63) is 69.9 Å². The summed E-state index contributed by atoms with van der Waals surface area (Å²) in [5, 5.41) is 4.09. The monoisotopic (exact) mass is 422 g/mol. The Morgan fingerprint density at radius 2 is 1.87 bits per heavy atom. The Hall–Kier alpha value is -2.92. The summed E-state index contributed by atoms with van der Waals surface area (Å²) < 4.78 is 5.44. The van der Waals surface area contributed by atoms with Crippen LogP contribution in [0.15, 0.2) is 42.5 Å². The van der Waals surface area contributed by atoms with Gasteiger partial charge in [0.05, 0.1) is 11.1 Å². The smallest absolute Gasteiger partial charge is 0.339 e. The van der Waals surface area contributed by atoms with Gasteiger partial charge in [0.25, 0.3) is 5.91 Å². The van der Waals surface area contributed by atoms with Crippen LogP contribution in [0.3, 0.4) is 0 Å². The van der Waals surface area contributed by atoms with E-state index >= 15 is 0 Å². The number of pyridine rings is 1. The zero-order valence-corrected chi connectivity index (χ0v) is 17.6. The van der Waals surface area contributed by atoms with Crippen LogP contribution in [-0.2, 0) is 22.4 Å². The first-order chi connectivity index (χ1) is 14.5. The standard InChI is InChI=1S/C24H23ClN2O3/c1-15-18(25)10-7-13-19(15)27-22(28)14-30-24(29)23-16-8-3-2-4-11-20(16)26-21-12-6-5-9-17(21)23/h5-7,9-10,12-13H,2-4,8,11,14H2,1H3,(H,27,28). The van der Waals surface area contributed by atoms with Crippen molar-refractivity contribution in [2.45, 2.75) is 39.0 Å². The minimum absolute atomic E-state index is 0.365. The maximum atomic E-state index is 13.1. The third kappa shape index (κ3) is 4.17. The van der Waals surface area contributed by atoms with Crippen LogP contribution in [-0.4, -0.2) is 23.5 Å². The van der Waals surface area contributed by atoms with Crippen LogP contribution < -0.4 is 5.32 Å². The van der Waals surface area contributed by atoms with Crippen molar-refractivity contribution in [2.75, 3.05) is 11.9 Å². The molecule has 3 aromatic rings.